The van der Waals surface area contributed by atoms with Gasteiger partial charge in [-0.2, -0.15) is 0 Å². The van der Waals surface area contributed by atoms with Gasteiger partial charge in [-0.1, -0.05) is 0 Å². The van der Waals surface area contributed by atoms with E-state index in [1.165, 1.54) is 17.0 Å². The number of fused-ring (bicyclic) bond motifs is 1. The van der Waals surface area contributed by atoms with Gasteiger partial charge in [0.15, 0.2) is 0 Å². The quantitative estimate of drug-likeness (QED) is 0.775. The second kappa shape index (κ2) is 4.18. The molecule has 5 heteroatoms. The van der Waals surface area contributed by atoms with Gasteiger partial charge in [0.05, 0.1) is 5.56 Å². The largest absolute Gasteiger partial charge is 0.508 e. The van der Waals surface area contributed by atoms with E-state index in [0.717, 1.165) is 0 Å². The number of phenols is 1. The van der Waals surface area contributed by atoms with Crippen molar-refractivity contribution in [1.29, 1.82) is 0 Å². The Labute approximate surface area is 103 Å². The highest BCUT2D eigenvalue weighted by Crippen LogP contribution is 2.24. The zero-order valence-corrected chi connectivity index (χ0v) is 10.4. The SMILES string of the molecule is Cc1c(C(=O)N(C)C)c2ccc(O)cc2oc1=O. The highest BCUT2D eigenvalue weighted by atomic mass is 16.4. The van der Waals surface area contributed by atoms with E-state index < -0.39 is 5.63 Å². The molecule has 1 amide bonds. The van der Waals surface area contributed by atoms with Crippen LogP contribution in [0, 0.1) is 6.92 Å². The molecule has 2 rings (SSSR count). The zero-order chi connectivity index (χ0) is 13.4. The lowest BCUT2D eigenvalue weighted by Gasteiger charge is -2.13. The summed E-state index contributed by atoms with van der Waals surface area (Å²) in [4.78, 5) is 25.2. The Morgan fingerprint density at radius 3 is 2.61 bits per heavy atom. The number of aromatic hydroxyl groups is 1. The maximum Gasteiger partial charge on any atom is 0.339 e. The fraction of sp³-hybridized carbons (Fsp3) is 0.231. The first-order valence-electron chi connectivity index (χ1n) is 5.40. The minimum Gasteiger partial charge on any atom is -0.508 e. The Hall–Kier alpha value is -2.30. The molecule has 94 valence electrons. The monoisotopic (exact) mass is 247 g/mol. The van der Waals surface area contributed by atoms with Crippen LogP contribution in [0.3, 0.4) is 0 Å². The third kappa shape index (κ3) is 1.84. The second-order valence-electron chi connectivity index (χ2n) is 4.27. The first kappa shape index (κ1) is 12.2. The van der Waals surface area contributed by atoms with Crippen molar-refractivity contribution in [3.63, 3.8) is 0 Å². The molecule has 0 aliphatic carbocycles. The van der Waals surface area contributed by atoms with Gasteiger partial charge in [-0.15, -0.1) is 0 Å². The molecule has 2 aromatic rings. The normalized spacial score (nSPS) is 10.6. The van der Waals surface area contributed by atoms with Gasteiger partial charge in [0.2, 0.25) is 0 Å². The van der Waals surface area contributed by atoms with Crippen molar-refractivity contribution in [2.24, 2.45) is 0 Å². The topological polar surface area (TPSA) is 70.8 Å². The van der Waals surface area contributed by atoms with Crippen molar-refractivity contribution in [2.75, 3.05) is 14.1 Å². The van der Waals surface area contributed by atoms with Crippen LogP contribution in [-0.4, -0.2) is 30.0 Å². The molecular formula is C13H13NO4. The van der Waals surface area contributed by atoms with Gasteiger partial charge in [0.25, 0.3) is 5.91 Å². The number of rotatable bonds is 1. The zero-order valence-electron chi connectivity index (χ0n) is 10.4. The lowest BCUT2D eigenvalue weighted by molar-refractivity contribution is 0.0828. The Morgan fingerprint density at radius 2 is 2.00 bits per heavy atom. The molecule has 0 bridgehead atoms. The van der Waals surface area contributed by atoms with E-state index in [9.17, 15) is 14.7 Å². The van der Waals surface area contributed by atoms with Crippen molar-refractivity contribution in [3.05, 3.63) is 39.7 Å². The van der Waals surface area contributed by atoms with E-state index in [-0.39, 0.29) is 22.8 Å². The Balaban J connectivity index is 2.89. The van der Waals surface area contributed by atoms with E-state index in [1.54, 1.807) is 27.1 Å². The van der Waals surface area contributed by atoms with Crippen LogP contribution in [-0.2, 0) is 0 Å². The molecular weight excluding hydrogens is 234 g/mol. The average Bonchev–Trinajstić information content (AvgIpc) is 2.30. The number of phenolic OH excluding ortho intramolecular Hbond substituents is 1. The van der Waals surface area contributed by atoms with Gasteiger partial charge in [-0.25, -0.2) is 4.79 Å². The molecule has 1 aromatic heterocycles. The van der Waals surface area contributed by atoms with Crippen LogP contribution in [0.4, 0.5) is 0 Å². The Morgan fingerprint density at radius 1 is 1.33 bits per heavy atom. The first-order chi connectivity index (χ1) is 8.41. The molecule has 0 saturated heterocycles. The molecule has 1 aromatic carbocycles. The molecule has 1 heterocycles. The van der Waals surface area contributed by atoms with Crippen LogP contribution < -0.4 is 5.63 Å². The number of carbonyl (C=O) groups excluding carboxylic acids is 1. The van der Waals surface area contributed by atoms with Crippen LogP contribution in [0.15, 0.2) is 27.4 Å². The van der Waals surface area contributed by atoms with Crippen molar-refractivity contribution in [2.45, 2.75) is 6.92 Å². The summed E-state index contributed by atoms with van der Waals surface area (Å²) < 4.78 is 5.06. The summed E-state index contributed by atoms with van der Waals surface area (Å²) in [7, 11) is 3.23. The van der Waals surface area contributed by atoms with Crippen LogP contribution in [0.25, 0.3) is 11.0 Å². The van der Waals surface area contributed by atoms with Crippen molar-refractivity contribution < 1.29 is 14.3 Å². The van der Waals surface area contributed by atoms with Gasteiger partial charge in [-0.05, 0) is 19.1 Å². The minimum atomic E-state index is -0.571. The Bertz CT molecular complexity index is 685. The fourth-order valence-corrected chi connectivity index (χ4v) is 1.78. The smallest absolute Gasteiger partial charge is 0.339 e. The number of hydrogen-bond acceptors (Lipinski definition) is 4. The van der Waals surface area contributed by atoms with Crippen molar-refractivity contribution in [3.8, 4) is 5.75 Å². The first-order valence-corrected chi connectivity index (χ1v) is 5.40. The van der Waals surface area contributed by atoms with E-state index >= 15 is 0 Å². The molecule has 0 fully saturated rings. The lowest BCUT2D eigenvalue weighted by atomic mass is 10.0. The van der Waals surface area contributed by atoms with Gasteiger partial charge >= 0.3 is 5.63 Å². The predicted molar refractivity (Wildman–Crippen MR) is 66.9 cm³/mol. The number of nitrogens with zero attached hydrogens (tertiary/aromatic N) is 1. The molecule has 18 heavy (non-hydrogen) atoms. The highest BCUT2D eigenvalue weighted by Gasteiger charge is 2.19. The molecule has 0 saturated carbocycles. The molecule has 0 radical (unpaired) electrons. The highest BCUT2D eigenvalue weighted by molar-refractivity contribution is 6.06. The van der Waals surface area contributed by atoms with E-state index in [4.69, 9.17) is 4.42 Å². The Kier molecular flexibility index (Phi) is 2.82. The number of benzene rings is 1. The van der Waals surface area contributed by atoms with Gasteiger partial charge in [-0.3, -0.25) is 4.79 Å². The van der Waals surface area contributed by atoms with E-state index in [0.29, 0.717) is 10.9 Å². The van der Waals surface area contributed by atoms with E-state index in [2.05, 4.69) is 0 Å². The lowest BCUT2D eigenvalue weighted by Crippen LogP contribution is -2.25. The fourth-order valence-electron chi connectivity index (χ4n) is 1.78. The maximum absolute atomic E-state index is 12.1. The molecule has 1 N–H and O–H groups in total. The van der Waals surface area contributed by atoms with Crippen LogP contribution >= 0.6 is 0 Å². The van der Waals surface area contributed by atoms with Gasteiger partial charge in [0, 0.05) is 31.1 Å². The summed E-state index contributed by atoms with van der Waals surface area (Å²) in [5, 5.41) is 9.89. The molecule has 0 aliphatic heterocycles. The molecule has 5 nitrogen and oxygen atoms in total. The third-order valence-corrected chi connectivity index (χ3v) is 2.74. The standard InChI is InChI=1S/C13H13NO4/c1-7-11(12(16)14(2)3)9-5-4-8(15)6-10(9)18-13(7)17/h4-6,15H,1-3H3. The molecule has 0 aliphatic rings. The van der Waals surface area contributed by atoms with Crippen molar-refractivity contribution >= 4 is 16.9 Å². The summed E-state index contributed by atoms with van der Waals surface area (Å²) in [6.07, 6.45) is 0. The van der Waals surface area contributed by atoms with Crippen molar-refractivity contribution in [1.82, 2.24) is 4.90 Å². The predicted octanol–water partition coefficient (Wildman–Crippen LogP) is 1.51. The van der Waals surface area contributed by atoms with Gasteiger partial charge < -0.3 is 14.4 Å². The summed E-state index contributed by atoms with van der Waals surface area (Å²) in [6, 6.07) is 4.34. The second-order valence-corrected chi connectivity index (χ2v) is 4.27. The number of amides is 1. The minimum absolute atomic E-state index is 0.0160. The number of hydrogen-bond donors (Lipinski definition) is 1. The average molecular weight is 247 g/mol. The molecule has 0 atom stereocenters. The molecule has 0 unspecified atom stereocenters. The maximum atomic E-state index is 12.1. The summed E-state index contributed by atoms with van der Waals surface area (Å²) in [6.45, 7) is 1.55. The molecule has 0 spiro atoms. The third-order valence-electron chi connectivity index (χ3n) is 2.74. The summed E-state index contributed by atoms with van der Waals surface area (Å²) in [5.74, 6) is -0.283. The van der Waals surface area contributed by atoms with Crippen LogP contribution in [0.1, 0.15) is 15.9 Å². The summed E-state index contributed by atoms with van der Waals surface area (Å²) in [5.41, 5.74) is 0.215. The van der Waals surface area contributed by atoms with E-state index in [1.807, 2.05) is 0 Å². The van der Waals surface area contributed by atoms with Gasteiger partial charge in [0.1, 0.15) is 11.3 Å². The van der Waals surface area contributed by atoms with Crippen LogP contribution in [0.5, 0.6) is 5.75 Å². The summed E-state index contributed by atoms with van der Waals surface area (Å²) >= 11 is 0. The number of carbonyl (C=O) groups is 1. The van der Waals surface area contributed by atoms with Crippen LogP contribution in [0.2, 0.25) is 0 Å².